The zero-order chi connectivity index (χ0) is 13.7. The smallest absolute Gasteiger partial charge is 0.339 e. The standard InChI is InChI=1S/C15H22N2O2/c1-17(11-12-6-5-9-16-10-12)14-8-4-3-7-13(14)15(18)19-2/h3-4,7-8,12,16H,5-6,9-11H2,1-2H3. The van der Waals surface area contributed by atoms with Gasteiger partial charge in [0.15, 0.2) is 0 Å². The Morgan fingerprint density at radius 2 is 2.26 bits per heavy atom. The lowest BCUT2D eigenvalue weighted by Gasteiger charge is -2.29. The van der Waals surface area contributed by atoms with E-state index in [0.717, 1.165) is 25.3 Å². The molecular weight excluding hydrogens is 240 g/mol. The molecule has 1 unspecified atom stereocenters. The third kappa shape index (κ3) is 3.47. The second kappa shape index (κ2) is 6.57. The first-order valence-corrected chi connectivity index (χ1v) is 6.81. The first-order valence-electron chi connectivity index (χ1n) is 6.81. The molecule has 1 saturated heterocycles. The molecule has 1 aromatic carbocycles. The van der Waals surface area contributed by atoms with Gasteiger partial charge in [0.2, 0.25) is 0 Å². The predicted octanol–water partition coefficient (Wildman–Crippen LogP) is 1.91. The van der Waals surface area contributed by atoms with Crippen molar-refractivity contribution < 1.29 is 9.53 Å². The second-order valence-corrected chi connectivity index (χ2v) is 5.10. The van der Waals surface area contributed by atoms with Crippen LogP contribution < -0.4 is 10.2 Å². The Morgan fingerprint density at radius 3 is 2.95 bits per heavy atom. The second-order valence-electron chi connectivity index (χ2n) is 5.10. The molecule has 0 bridgehead atoms. The van der Waals surface area contributed by atoms with Crippen LogP contribution in [-0.4, -0.2) is 39.8 Å². The topological polar surface area (TPSA) is 41.6 Å². The van der Waals surface area contributed by atoms with Crippen molar-refractivity contribution >= 4 is 11.7 Å². The number of para-hydroxylation sites is 1. The molecule has 19 heavy (non-hydrogen) atoms. The maximum absolute atomic E-state index is 11.8. The summed E-state index contributed by atoms with van der Waals surface area (Å²) in [5, 5.41) is 3.42. The van der Waals surface area contributed by atoms with Crippen LogP contribution in [0.5, 0.6) is 0 Å². The van der Waals surface area contributed by atoms with Crippen LogP contribution in [0.1, 0.15) is 23.2 Å². The van der Waals surface area contributed by atoms with Gasteiger partial charge in [-0.05, 0) is 44.0 Å². The van der Waals surface area contributed by atoms with Crippen molar-refractivity contribution in [1.82, 2.24) is 5.32 Å². The normalized spacial score (nSPS) is 18.9. The highest BCUT2D eigenvalue weighted by Gasteiger charge is 2.18. The van der Waals surface area contributed by atoms with Crippen LogP contribution in [0.4, 0.5) is 5.69 Å². The number of esters is 1. The molecule has 1 N–H and O–H groups in total. The fraction of sp³-hybridized carbons (Fsp3) is 0.533. The van der Waals surface area contributed by atoms with E-state index >= 15 is 0 Å². The monoisotopic (exact) mass is 262 g/mol. The molecule has 0 saturated carbocycles. The Morgan fingerprint density at radius 1 is 1.47 bits per heavy atom. The van der Waals surface area contributed by atoms with Gasteiger partial charge in [-0.3, -0.25) is 0 Å². The van der Waals surface area contributed by atoms with Crippen molar-refractivity contribution in [2.24, 2.45) is 5.92 Å². The predicted molar refractivity (Wildman–Crippen MR) is 76.6 cm³/mol. The van der Waals surface area contributed by atoms with Crippen molar-refractivity contribution in [3.05, 3.63) is 29.8 Å². The van der Waals surface area contributed by atoms with Crippen molar-refractivity contribution in [2.75, 3.05) is 38.7 Å². The van der Waals surface area contributed by atoms with E-state index in [-0.39, 0.29) is 5.97 Å². The molecule has 4 nitrogen and oxygen atoms in total. The van der Waals surface area contributed by atoms with Crippen LogP contribution in [0.15, 0.2) is 24.3 Å². The molecule has 1 aliphatic rings. The first kappa shape index (κ1) is 13.9. The van der Waals surface area contributed by atoms with Crippen molar-refractivity contribution in [3.8, 4) is 0 Å². The van der Waals surface area contributed by atoms with Gasteiger partial charge in [-0.1, -0.05) is 12.1 Å². The van der Waals surface area contributed by atoms with Gasteiger partial charge < -0.3 is 15.0 Å². The summed E-state index contributed by atoms with van der Waals surface area (Å²) in [6.45, 7) is 3.14. The summed E-state index contributed by atoms with van der Waals surface area (Å²) in [4.78, 5) is 13.9. The fourth-order valence-corrected chi connectivity index (χ4v) is 2.65. The average molecular weight is 262 g/mol. The van der Waals surface area contributed by atoms with E-state index in [1.807, 2.05) is 31.3 Å². The number of piperidine rings is 1. The summed E-state index contributed by atoms with van der Waals surface area (Å²) in [6, 6.07) is 7.61. The molecule has 1 heterocycles. The lowest BCUT2D eigenvalue weighted by molar-refractivity contribution is 0.0601. The van der Waals surface area contributed by atoms with Crippen molar-refractivity contribution in [1.29, 1.82) is 0 Å². The SMILES string of the molecule is COC(=O)c1ccccc1N(C)CC1CCCNC1. The molecule has 4 heteroatoms. The number of carbonyl (C=O) groups excluding carboxylic acids is 1. The highest BCUT2D eigenvalue weighted by atomic mass is 16.5. The van der Waals surface area contributed by atoms with Crippen LogP contribution in [0.2, 0.25) is 0 Å². The summed E-state index contributed by atoms with van der Waals surface area (Å²) >= 11 is 0. The number of rotatable bonds is 4. The minimum absolute atomic E-state index is 0.274. The maximum Gasteiger partial charge on any atom is 0.339 e. The van der Waals surface area contributed by atoms with E-state index in [4.69, 9.17) is 4.74 Å². The van der Waals surface area contributed by atoms with Crippen LogP contribution >= 0.6 is 0 Å². The van der Waals surface area contributed by atoms with Gasteiger partial charge in [0, 0.05) is 13.6 Å². The van der Waals surface area contributed by atoms with Gasteiger partial charge in [-0.25, -0.2) is 4.79 Å². The third-order valence-electron chi connectivity index (χ3n) is 3.65. The summed E-state index contributed by atoms with van der Waals surface area (Å²) < 4.78 is 4.84. The van der Waals surface area contributed by atoms with E-state index in [2.05, 4.69) is 10.2 Å². The highest BCUT2D eigenvalue weighted by molar-refractivity contribution is 5.95. The Bertz CT molecular complexity index is 428. The minimum atomic E-state index is -0.274. The lowest BCUT2D eigenvalue weighted by atomic mass is 9.98. The van der Waals surface area contributed by atoms with Crippen LogP contribution in [0, 0.1) is 5.92 Å². The number of anilines is 1. The van der Waals surface area contributed by atoms with Gasteiger partial charge in [0.1, 0.15) is 0 Å². The lowest BCUT2D eigenvalue weighted by Crippen LogP contribution is -2.37. The van der Waals surface area contributed by atoms with Crippen LogP contribution in [0.25, 0.3) is 0 Å². The molecule has 104 valence electrons. The number of benzene rings is 1. The van der Waals surface area contributed by atoms with E-state index in [9.17, 15) is 4.79 Å². The maximum atomic E-state index is 11.8. The number of nitrogens with zero attached hydrogens (tertiary/aromatic N) is 1. The number of hydrogen-bond donors (Lipinski definition) is 1. The van der Waals surface area contributed by atoms with E-state index in [1.54, 1.807) is 0 Å². The molecular formula is C15H22N2O2. The Hall–Kier alpha value is -1.55. The van der Waals surface area contributed by atoms with E-state index in [1.165, 1.54) is 20.0 Å². The highest BCUT2D eigenvalue weighted by Crippen LogP contribution is 2.22. The summed E-state index contributed by atoms with van der Waals surface area (Å²) in [5.74, 6) is 0.369. The number of hydrogen-bond acceptors (Lipinski definition) is 4. The molecule has 0 aromatic heterocycles. The average Bonchev–Trinajstić information content (AvgIpc) is 2.47. The molecule has 0 spiro atoms. The van der Waals surface area contributed by atoms with E-state index in [0.29, 0.717) is 11.5 Å². The van der Waals surface area contributed by atoms with Crippen LogP contribution in [0.3, 0.4) is 0 Å². The molecule has 0 amide bonds. The Kier molecular flexibility index (Phi) is 4.80. The number of carbonyl (C=O) groups is 1. The van der Waals surface area contributed by atoms with Gasteiger partial charge in [0.25, 0.3) is 0 Å². The molecule has 1 atom stereocenters. The van der Waals surface area contributed by atoms with E-state index < -0.39 is 0 Å². The van der Waals surface area contributed by atoms with Gasteiger partial charge in [-0.2, -0.15) is 0 Å². The van der Waals surface area contributed by atoms with Gasteiger partial charge in [0.05, 0.1) is 18.4 Å². The van der Waals surface area contributed by atoms with Crippen molar-refractivity contribution in [2.45, 2.75) is 12.8 Å². The zero-order valence-electron chi connectivity index (χ0n) is 11.7. The number of nitrogens with one attached hydrogen (secondary N) is 1. The molecule has 1 aromatic rings. The Balaban J connectivity index is 2.09. The molecule has 1 fully saturated rings. The fourth-order valence-electron chi connectivity index (χ4n) is 2.65. The third-order valence-corrected chi connectivity index (χ3v) is 3.65. The largest absolute Gasteiger partial charge is 0.465 e. The number of methoxy groups -OCH3 is 1. The van der Waals surface area contributed by atoms with Gasteiger partial charge >= 0.3 is 5.97 Å². The summed E-state index contributed by atoms with van der Waals surface area (Å²) in [7, 11) is 3.46. The minimum Gasteiger partial charge on any atom is -0.465 e. The molecule has 1 aliphatic heterocycles. The first-order chi connectivity index (χ1) is 9.22. The molecule has 0 radical (unpaired) electrons. The molecule has 2 rings (SSSR count). The Labute approximate surface area is 114 Å². The van der Waals surface area contributed by atoms with Gasteiger partial charge in [-0.15, -0.1) is 0 Å². The zero-order valence-corrected chi connectivity index (χ0v) is 11.7. The molecule has 0 aliphatic carbocycles. The van der Waals surface area contributed by atoms with Crippen LogP contribution in [-0.2, 0) is 4.74 Å². The number of ether oxygens (including phenoxy) is 1. The van der Waals surface area contributed by atoms with Crippen molar-refractivity contribution in [3.63, 3.8) is 0 Å². The summed E-state index contributed by atoms with van der Waals surface area (Å²) in [6.07, 6.45) is 2.48. The quantitative estimate of drug-likeness (QED) is 0.842. The summed E-state index contributed by atoms with van der Waals surface area (Å²) in [5.41, 5.74) is 1.58.